The summed E-state index contributed by atoms with van der Waals surface area (Å²) < 4.78 is 2.48. The molecule has 3 aromatic carbocycles. The fourth-order valence-electron chi connectivity index (χ4n) is 3.57. The first kappa shape index (κ1) is 11.6. The number of aromatic nitrogens is 4. The molecule has 0 spiro atoms. The molecular weight excluding hydrogens is 304 g/mol. The topological polar surface area (TPSA) is 57.4 Å². The molecule has 0 bridgehead atoms. The number of hydrogen-bond acceptors (Lipinski definition) is 3. The lowest BCUT2D eigenvalue weighted by molar-refractivity contribution is 0.961. The molecule has 4 nitrogen and oxygen atoms in total. The van der Waals surface area contributed by atoms with Crippen LogP contribution in [0.3, 0.4) is 0 Å². The fourth-order valence-corrected chi connectivity index (χ4v) is 4.77. The number of nitrogens with one attached hydrogen (secondary N) is 2. The van der Waals surface area contributed by atoms with Crippen LogP contribution in [0, 0.1) is 0 Å². The van der Waals surface area contributed by atoms with Crippen LogP contribution in [0.2, 0.25) is 0 Å². The van der Waals surface area contributed by atoms with E-state index in [0.717, 1.165) is 27.5 Å². The zero-order valence-electron chi connectivity index (χ0n) is 11.9. The van der Waals surface area contributed by atoms with Crippen LogP contribution >= 0.6 is 11.3 Å². The van der Waals surface area contributed by atoms with Crippen molar-refractivity contribution in [2.45, 2.75) is 0 Å². The van der Waals surface area contributed by atoms with Crippen LogP contribution in [-0.4, -0.2) is 20.4 Å². The summed E-state index contributed by atoms with van der Waals surface area (Å²) in [4.78, 5) is 4.92. The molecule has 0 atom stereocenters. The molecule has 0 saturated heterocycles. The van der Waals surface area contributed by atoms with Crippen LogP contribution < -0.4 is 0 Å². The standard InChI is InChI=1S/C18H10N4S/c1-3-7-11-9(5-1)13-15-16(21-22-20-15)14-10-6-2-4-8-12(10)23-18(14)17(13)19-11/h1-8,20,22H. The van der Waals surface area contributed by atoms with Crippen molar-refractivity contribution in [3.63, 3.8) is 0 Å². The molecule has 0 radical (unpaired) electrons. The summed E-state index contributed by atoms with van der Waals surface area (Å²) in [7, 11) is 0. The van der Waals surface area contributed by atoms with Gasteiger partial charge in [0.25, 0.3) is 0 Å². The van der Waals surface area contributed by atoms with Gasteiger partial charge in [0.15, 0.2) is 0 Å². The number of rotatable bonds is 0. The predicted molar refractivity (Wildman–Crippen MR) is 96.1 cm³/mol. The summed E-state index contributed by atoms with van der Waals surface area (Å²) in [5, 5.41) is 15.4. The van der Waals surface area contributed by atoms with E-state index in [1.54, 1.807) is 11.3 Å². The molecule has 23 heavy (non-hydrogen) atoms. The van der Waals surface area contributed by atoms with Gasteiger partial charge in [0.1, 0.15) is 5.52 Å². The molecular formula is C18H10N4S. The zero-order valence-corrected chi connectivity index (χ0v) is 12.7. The molecule has 6 rings (SSSR count). The van der Waals surface area contributed by atoms with Gasteiger partial charge in [-0.15, -0.1) is 11.3 Å². The highest BCUT2D eigenvalue weighted by atomic mass is 32.1. The maximum absolute atomic E-state index is 4.92. The number of thiophene rings is 1. The third kappa shape index (κ3) is 1.31. The van der Waals surface area contributed by atoms with Crippen molar-refractivity contribution >= 4 is 64.3 Å². The van der Waals surface area contributed by atoms with Crippen LogP contribution in [0.15, 0.2) is 48.5 Å². The second-order valence-electron chi connectivity index (χ2n) is 5.73. The quantitative estimate of drug-likeness (QED) is 0.416. The van der Waals surface area contributed by atoms with Crippen molar-refractivity contribution in [1.82, 2.24) is 20.4 Å². The first-order valence-electron chi connectivity index (χ1n) is 7.46. The number of para-hydroxylation sites is 1. The summed E-state index contributed by atoms with van der Waals surface area (Å²) in [5.74, 6) is 0. The molecule has 0 saturated carbocycles. The molecule has 0 aliphatic carbocycles. The lowest BCUT2D eigenvalue weighted by atomic mass is 10.1. The van der Waals surface area contributed by atoms with Gasteiger partial charge in [-0.3, -0.25) is 5.10 Å². The summed E-state index contributed by atoms with van der Waals surface area (Å²) >= 11 is 1.79. The Kier molecular flexibility index (Phi) is 1.96. The number of nitrogens with zero attached hydrogens (tertiary/aromatic N) is 2. The van der Waals surface area contributed by atoms with E-state index >= 15 is 0 Å². The Bertz CT molecular complexity index is 1270. The summed E-state index contributed by atoms with van der Waals surface area (Å²) in [5.41, 5.74) is 4.11. The van der Waals surface area contributed by atoms with Crippen molar-refractivity contribution in [1.29, 1.82) is 0 Å². The van der Waals surface area contributed by atoms with Gasteiger partial charge in [0, 0.05) is 26.2 Å². The average Bonchev–Trinajstić information content (AvgIpc) is 3.28. The van der Waals surface area contributed by atoms with Gasteiger partial charge in [-0.2, -0.15) is 5.10 Å². The summed E-state index contributed by atoms with van der Waals surface area (Å²) in [6.45, 7) is 0. The maximum Gasteiger partial charge on any atom is 0.120 e. The minimum absolute atomic E-state index is 0.989. The van der Waals surface area contributed by atoms with E-state index in [9.17, 15) is 0 Å². The molecule has 3 aromatic heterocycles. The zero-order chi connectivity index (χ0) is 15.0. The molecule has 2 N–H and O–H groups in total. The van der Waals surface area contributed by atoms with Gasteiger partial charge in [-0.1, -0.05) is 36.4 Å². The van der Waals surface area contributed by atoms with Crippen LogP contribution in [0.5, 0.6) is 0 Å². The molecule has 3 heterocycles. The SMILES string of the molecule is c1ccc2c(c1)nc1c3sc4ccccc4c3c3n[nH][nH]c3c21. The van der Waals surface area contributed by atoms with Crippen molar-refractivity contribution in [2.75, 3.05) is 0 Å². The number of benzene rings is 3. The van der Waals surface area contributed by atoms with Gasteiger partial charge in [0.2, 0.25) is 0 Å². The van der Waals surface area contributed by atoms with E-state index in [4.69, 9.17) is 4.98 Å². The second-order valence-corrected chi connectivity index (χ2v) is 6.78. The van der Waals surface area contributed by atoms with Gasteiger partial charge >= 0.3 is 0 Å². The van der Waals surface area contributed by atoms with E-state index in [-0.39, 0.29) is 0 Å². The first-order valence-corrected chi connectivity index (χ1v) is 8.27. The van der Waals surface area contributed by atoms with Gasteiger partial charge in [-0.25, -0.2) is 10.2 Å². The number of fused-ring (bicyclic) bond motifs is 10. The minimum atomic E-state index is 0.989. The van der Waals surface area contributed by atoms with Gasteiger partial charge in [0.05, 0.1) is 21.3 Å². The number of aromatic amines is 2. The third-order valence-electron chi connectivity index (χ3n) is 4.53. The van der Waals surface area contributed by atoms with Crippen molar-refractivity contribution in [2.24, 2.45) is 0 Å². The predicted octanol–water partition coefficient (Wildman–Crippen LogP) is 4.96. The largest absolute Gasteiger partial charge is 0.282 e. The van der Waals surface area contributed by atoms with E-state index in [1.165, 1.54) is 25.6 Å². The smallest absolute Gasteiger partial charge is 0.120 e. The number of hydrogen-bond donors (Lipinski definition) is 2. The molecule has 108 valence electrons. The van der Waals surface area contributed by atoms with Crippen LogP contribution in [-0.2, 0) is 0 Å². The van der Waals surface area contributed by atoms with Crippen molar-refractivity contribution < 1.29 is 0 Å². The lowest BCUT2D eigenvalue weighted by Crippen LogP contribution is -1.76. The molecule has 0 aliphatic heterocycles. The third-order valence-corrected chi connectivity index (χ3v) is 5.70. The molecule has 6 aromatic rings. The Morgan fingerprint density at radius 1 is 0.826 bits per heavy atom. The van der Waals surface area contributed by atoms with Gasteiger partial charge in [-0.05, 0) is 12.1 Å². The summed E-state index contributed by atoms with van der Waals surface area (Å²) in [6, 6.07) is 16.8. The average molecular weight is 314 g/mol. The van der Waals surface area contributed by atoms with Crippen molar-refractivity contribution in [3.8, 4) is 0 Å². The van der Waals surface area contributed by atoms with E-state index < -0.39 is 0 Å². The monoisotopic (exact) mass is 314 g/mol. The Morgan fingerprint density at radius 3 is 2.61 bits per heavy atom. The van der Waals surface area contributed by atoms with Gasteiger partial charge < -0.3 is 0 Å². The minimum Gasteiger partial charge on any atom is -0.282 e. The molecule has 0 aliphatic rings. The Balaban J connectivity index is 2.07. The van der Waals surface area contributed by atoms with Crippen LogP contribution in [0.25, 0.3) is 53.0 Å². The molecule has 5 heteroatoms. The van der Waals surface area contributed by atoms with Crippen LogP contribution in [0.4, 0.5) is 0 Å². The van der Waals surface area contributed by atoms with E-state index in [0.29, 0.717) is 0 Å². The molecule has 0 amide bonds. The lowest BCUT2D eigenvalue weighted by Gasteiger charge is -1.97. The highest BCUT2D eigenvalue weighted by Crippen LogP contribution is 2.44. The Hall–Kier alpha value is -2.92. The maximum atomic E-state index is 4.92. The van der Waals surface area contributed by atoms with Crippen LogP contribution in [0.1, 0.15) is 0 Å². The molecule has 0 unspecified atom stereocenters. The highest BCUT2D eigenvalue weighted by Gasteiger charge is 2.19. The van der Waals surface area contributed by atoms with E-state index in [2.05, 4.69) is 57.9 Å². The fraction of sp³-hybridized carbons (Fsp3) is 0. The van der Waals surface area contributed by atoms with E-state index in [1.807, 2.05) is 6.07 Å². The molecule has 0 fully saturated rings. The second kappa shape index (κ2) is 3.88. The number of H-pyrrole nitrogens is 2. The summed E-state index contributed by atoms with van der Waals surface area (Å²) in [6.07, 6.45) is 0. The Morgan fingerprint density at radius 2 is 1.65 bits per heavy atom. The normalized spacial score (nSPS) is 12.3. The Labute approximate surface area is 133 Å². The first-order chi connectivity index (χ1) is 11.4. The highest BCUT2D eigenvalue weighted by molar-refractivity contribution is 7.26. The van der Waals surface area contributed by atoms with Crippen molar-refractivity contribution in [3.05, 3.63) is 48.5 Å².